The molecule has 0 radical (unpaired) electrons. The molecule has 1 amide bonds. The molecule has 5 heteroatoms. The minimum atomic E-state index is 0.144. The number of aromatic nitrogens is 1. The topological polar surface area (TPSA) is 45.2 Å². The van der Waals surface area contributed by atoms with E-state index in [1.165, 1.54) is 0 Å². The van der Waals surface area contributed by atoms with Crippen LogP contribution in [-0.4, -0.2) is 36.4 Å². The van der Waals surface area contributed by atoms with Crippen molar-refractivity contribution in [3.63, 3.8) is 0 Å². The molecule has 0 aliphatic heterocycles. The molecule has 2 aromatic rings. The molecule has 20 heavy (non-hydrogen) atoms. The van der Waals surface area contributed by atoms with Gasteiger partial charge < -0.3 is 10.2 Å². The van der Waals surface area contributed by atoms with Crippen LogP contribution in [0.1, 0.15) is 12.8 Å². The lowest BCUT2D eigenvalue weighted by Gasteiger charge is -2.12. The molecule has 0 spiro atoms. The molecule has 0 unspecified atom stereocenters. The maximum Gasteiger partial charge on any atom is 0.222 e. The van der Waals surface area contributed by atoms with E-state index in [4.69, 9.17) is 11.6 Å². The van der Waals surface area contributed by atoms with Crippen LogP contribution in [0.4, 0.5) is 5.69 Å². The maximum absolute atomic E-state index is 11.5. The first kappa shape index (κ1) is 14.6. The van der Waals surface area contributed by atoms with Gasteiger partial charge in [0.25, 0.3) is 0 Å². The van der Waals surface area contributed by atoms with E-state index in [1.54, 1.807) is 25.2 Å². The first-order chi connectivity index (χ1) is 9.59. The molecule has 0 saturated heterocycles. The van der Waals surface area contributed by atoms with Crippen LogP contribution in [-0.2, 0) is 4.79 Å². The Morgan fingerprint density at radius 2 is 2.15 bits per heavy atom. The van der Waals surface area contributed by atoms with Crippen molar-refractivity contribution < 1.29 is 4.79 Å². The second-order valence-electron chi connectivity index (χ2n) is 4.81. The lowest BCUT2D eigenvalue weighted by atomic mass is 10.2. The number of amides is 1. The molecular weight excluding hydrogens is 274 g/mol. The van der Waals surface area contributed by atoms with Crippen molar-refractivity contribution >= 4 is 34.1 Å². The van der Waals surface area contributed by atoms with Gasteiger partial charge in [-0.3, -0.25) is 9.78 Å². The minimum Gasteiger partial charge on any atom is -0.383 e. The van der Waals surface area contributed by atoms with E-state index in [9.17, 15) is 4.79 Å². The van der Waals surface area contributed by atoms with Crippen molar-refractivity contribution in [2.75, 3.05) is 26.0 Å². The molecule has 0 atom stereocenters. The Balaban J connectivity index is 2.00. The zero-order chi connectivity index (χ0) is 14.5. The molecule has 0 aliphatic carbocycles. The Hall–Kier alpha value is -1.81. The normalized spacial score (nSPS) is 10.6. The number of fused-ring (bicyclic) bond motifs is 1. The Morgan fingerprint density at radius 1 is 1.35 bits per heavy atom. The molecule has 1 aromatic carbocycles. The highest BCUT2D eigenvalue weighted by Gasteiger charge is 2.06. The van der Waals surface area contributed by atoms with Crippen LogP contribution in [0.5, 0.6) is 0 Å². The van der Waals surface area contributed by atoms with Gasteiger partial charge in [-0.1, -0.05) is 11.6 Å². The quantitative estimate of drug-likeness (QED) is 0.861. The van der Waals surface area contributed by atoms with Crippen molar-refractivity contribution in [2.24, 2.45) is 0 Å². The number of pyridine rings is 1. The van der Waals surface area contributed by atoms with E-state index in [0.29, 0.717) is 11.4 Å². The zero-order valence-electron chi connectivity index (χ0n) is 11.7. The van der Waals surface area contributed by atoms with Crippen LogP contribution in [0.25, 0.3) is 10.9 Å². The van der Waals surface area contributed by atoms with Gasteiger partial charge in [-0.15, -0.1) is 0 Å². The number of halogens is 1. The van der Waals surface area contributed by atoms with Gasteiger partial charge in [0.1, 0.15) is 0 Å². The number of benzene rings is 1. The highest BCUT2D eigenvalue weighted by Crippen LogP contribution is 2.27. The number of rotatable bonds is 5. The number of carbonyl (C=O) groups excluding carboxylic acids is 1. The van der Waals surface area contributed by atoms with E-state index >= 15 is 0 Å². The second-order valence-corrected chi connectivity index (χ2v) is 5.22. The van der Waals surface area contributed by atoms with E-state index in [-0.39, 0.29) is 5.91 Å². The Labute approximate surface area is 123 Å². The molecular formula is C15H18ClN3O. The van der Waals surface area contributed by atoms with Crippen molar-refractivity contribution in [1.82, 2.24) is 9.88 Å². The lowest BCUT2D eigenvalue weighted by Crippen LogP contribution is -2.22. The molecule has 1 aromatic heterocycles. The average molecular weight is 292 g/mol. The number of carbonyl (C=O) groups is 1. The van der Waals surface area contributed by atoms with E-state index in [1.807, 2.05) is 24.3 Å². The van der Waals surface area contributed by atoms with E-state index < -0.39 is 0 Å². The van der Waals surface area contributed by atoms with Gasteiger partial charge >= 0.3 is 0 Å². The summed E-state index contributed by atoms with van der Waals surface area (Å²) in [4.78, 5) is 17.5. The fourth-order valence-electron chi connectivity index (χ4n) is 1.97. The number of nitrogens with zero attached hydrogens (tertiary/aromatic N) is 2. The summed E-state index contributed by atoms with van der Waals surface area (Å²) in [5.41, 5.74) is 1.81. The SMILES string of the molecule is CN(C)C(=O)CCCNc1ccc(Cl)c2cccnc12. The highest BCUT2D eigenvalue weighted by atomic mass is 35.5. The molecule has 0 fully saturated rings. The third-order valence-electron chi connectivity index (χ3n) is 3.10. The summed E-state index contributed by atoms with van der Waals surface area (Å²) < 4.78 is 0. The van der Waals surface area contributed by atoms with Crippen LogP contribution < -0.4 is 5.32 Å². The molecule has 1 heterocycles. The summed E-state index contributed by atoms with van der Waals surface area (Å²) in [5.74, 6) is 0.144. The number of nitrogens with one attached hydrogen (secondary N) is 1. The molecule has 1 N–H and O–H groups in total. The minimum absolute atomic E-state index is 0.144. The van der Waals surface area contributed by atoms with Crippen LogP contribution in [0.3, 0.4) is 0 Å². The summed E-state index contributed by atoms with van der Waals surface area (Å²) in [7, 11) is 3.54. The Morgan fingerprint density at radius 3 is 2.90 bits per heavy atom. The monoisotopic (exact) mass is 291 g/mol. The number of hydrogen-bond donors (Lipinski definition) is 1. The average Bonchev–Trinajstić information content (AvgIpc) is 2.45. The summed E-state index contributed by atoms with van der Waals surface area (Å²) >= 11 is 6.15. The van der Waals surface area contributed by atoms with Gasteiger partial charge in [-0.05, 0) is 30.7 Å². The van der Waals surface area contributed by atoms with Crippen LogP contribution in [0, 0.1) is 0 Å². The maximum atomic E-state index is 11.5. The summed E-state index contributed by atoms with van der Waals surface area (Å²) in [6.45, 7) is 0.729. The van der Waals surface area contributed by atoms with Crippen LogP contribution in [0.2, 0.25) is 5.02 Å². The van der Waals surface area contributed by atoms with Crippen LogP contribution in [0.15, 0.2) is 30.5 Å². The van der Waals surface area contributed by atoms with E-state index in [0.717, 1.165) is 29.6 Å². The fourth-order valence-corrected chi connectivity index (χ4v) is 2.18. The van der Waals surface area contributed by atoms with Crippen molar-refractivity contribution in [3.05, 3.63) is 35.5 Å². The predicted octanol–water partition coefficient (Wildman–Crippen LogP) is 3.17. The van der Waals surface area contributed by atoms with Crippen LogP contribution >= 0.6 is 11.6 Å². The molecule has 0 bridgehead atoms. The fraction of sp³-hybridized carbons (Fsp3) is 0.333. The molecule has 0 aliphatic rings. The van der Waals surface area contributed by atoms with Gasteiger partial charge in [0.2, 0.25) is 5.91 Å². The first-order valence-corrected chi connectivity index (χ1v) is 6.94. The van der Waals surface area contributed by atoms with Gasteiger partial charge in [-0.25, -0.2) is 0 Å². The van der Waals surface area contributed by atoms with Crippen molar-refractivity contribution in [3.8, 4) is 0 Å². The predicted molar refractivity (Wildman–Crippen MR) is 83.2 cm³/mol. The summed E-state index contributed by atoms with van der Waals surface area (Å²) in [6, 6.07) is 7.60. The third kappa shape index (κ3) is 3.39. The first-order valence-electron chi connectivity index (χ1n) is 6.57. The zero-order valence-corrected chi connectivity index (χ0v) is 12.4. The van der Waals surface area contributed by atoms with Crippen molar-refractivity contribution in [2.45, 2.75) is 12.8 Å². The third-order valence-corrected chi connectivity index (χ3v) is 3.43. The lowest BCUT2D eigenvalue weighted by molar-refractivity contribution is -0.128. The van der Waals surface area contributed by atoms with Gasteiger partial charge in [0.05, 0.1) is 16.2 Å². The second kappa shape index (κ2) is 6.57. The molecule has 0 saturated carbocycles. The van der Waals surface area contributed by atoms with Crippen molar-refractivity contribution in [1.29, 1.82) is 0 Å². The van der Waals surface area contributed by atoms with E-state index in [2.05, 4.69) is 10.3 Å². The summed E-state index contributed by atoms with van der Waals surface area (Å²) in [5, 5.41) is 4.95. The molecule has 4 nitrogen and oxygen atoms in total. The smallest absolute Gasteiger partial charge is 0.222 e. The Kier molecular flexibility index (Phi) is 4.79. The van der Waals surface area contributed by atoms with Gasteiger partial charge in [0.15, 0.2) is 0 Å². The molecule has 2 rings (SSSR count). The van der Waals surface area contributed by atoms with Gasteiger partial charge in [0, 0.05) is 38.6 Å². The number of hydrogen-bond acceptors (Lipinski definition) is 3. The standard InChI is InChI=1S/C15H18ClN3O/c1-19(2)14(20)6-4-9-17-13-8-7-12(16)11-5-3-10-18-15(11)13/h3,5,7-8,10,17H,4,6,9H2,1-2H3. The Bertz CT molecular complexity index is 613. The van der Waals surface area contributed by atoms with Gasteiger partial charge in [-0.2, -0.15) is 0 Å². The largest absolute Gasteiger partial charge is 0.383 e. The molecule has 106 valence electrons. The number of anilines is 1. The summed E-state index contributed by atoms with van der Waals surface area (Å²) in [6.07, 6.45) is 3.08. The highest BCUT2D eigenvalue weighted by molar-refractivity contribution is 6.35.